The lowest BCUT2D eigenvalue weighted by Crippen LogP contribution is -2.20. The molecule has 114 valence electrons. The average Bonchev–Trinajstić information content (AvgIpc) is 2.46. The summed E-state index contributed by atoms with van der Waals surface area (Å²) in [7, 11) is 2.48. The van der Waals surface area contributed by atoms with Gasteiger partial charge in [-0.15, -0.1) is 0 Å². The number of hydrogen-bond acceptors (Lipinski definition) is 6. The highest BCUT2D eigenvalue weighted by molar-refractivity contribution is 6.39. The van der Waals surface area contributed by atoms with Crippen molar-refractivity contribution in [3.63, 3.8) is 0 Å². The first-order chi connectivity index (χ1) is 9.96. The van der Waals surface area contributed by atoms with Gasteiger partial charge in [-0.1, -0.05) is 0 Å². The number of benzene rings is 1. The number of carbonyl (C=O) groups is 2. The Balaban J connectivity index is 2.93. The third-order valence-corrected chi connectivity index (χ3v) is 2.43. The highest BCUT2D eigenvalue weighted by Crippen LogP contribution is 2.19. The van der Waals surface area contributed by atoms with Gasteiger partial charge in [-0.05, 0) is 38.1 Å². The van der Waals surface area contributed by atoms with E-state index in [2.05, 4.69) is 14.5 Å². The van der Waals surface area contributed by atoms with Crippen molar-refractivity contribution in [3.05, 3.63) is 24.3 Å². The maximum Gasteiger partial charge on any atom is 0.353 e. The summed E-state index contributed by atoms with van der Waals surface area (Å²) < 4.78 is 14.6. The molecular weight excluding hydrogens is 274 g/mol. The number of rotatable bonds is 6. The molecule has 0 unspecified atom stereocenters. The quantitative estimate of drug-likeness (QED) is 0.594. The molecular formula is C15H19NO5. The molecule has 0 saturated heterocycles. The molecule has 0 aliphatic heterocycles. The molecule has 0 saturated carbocycles. The van der Waals surface area contributed by atoms with Crippen molar-refractivity contribution in [1.82, 2.24) is 0 Å². The van der Waals surface area contributed by atoms with E-state index < -0.39 is 11.9 Å². The van der Waals surface area contributed by atoms with E-state index in [0.717, 1.165) is 0 Å². The Morgan fingerprint density at radius 2 is 1.71 bits per heavy atom. The van der Waals surface area contributed by atoms with Crippen LogP contribution in [0.15, 0.2) is 29.3 Å². The Morgan fingerprint density at radius 1 is 1.10 bits per heavy atom. The largest absolute Gasteiger partial charge is 0.491 e. The number of aliphatic imine (C=N–C) groups is 1. The molecule has 6 nitrogen and oxygen atoms in total. The van der Waals surface area contributed by atoms with E-state index in [9.17, 15) is 9.59 Å². The smallest absolute Gasteiger partial charge is 0.353 e. The van der Waals surface area contributed by atoms with Gasteiger partial charge in [-0.2, -0.15) is 0 Å². The monoisotopic (exact) mass is 293 g/mol. The van der Waals surface area contributed by atoms with Crippen molar-refractivity contribution in [2.24, 2.45) is 4.99 Å². The van der Waals surface area contributed by atoms with Crippen molar-refractivity contribution < 1.29 is 23.8 Å². The minimum atomic E-state index is -0.664. The molecule has 21 heavy (non-hydrogen) atoms. The van der Waals surface area contributed by atoms with Gasteiger partial charge in [0.25, 0.3) is 0 Å². The van der Waals surface area contributed by atoms with Crippen LogP contribution in [0.3, 0.4) is 0 Å². The van der Waals surface area contributed by atoms with Crippen LogP contribution in [0.4, 0.5) is 5.69 Å². The van der Waals surface area contributed by atoms with E-state index in [1.807, 2.05) is 13.8 Å². The second kappa shape index (κ2) is 8.04. The Labute approximate surface area is 123 Å². The molecule has 0 N–H and O–H groups in total. The lowest BCUT2D eigenvalue weighted by molar-refractivity contribution is -0.140. The lowest BCUT2D eigenvalue weighted by atomic mass is 10.2. The Bertz CT molecular complexity index is 519. The number of methoxy groups -OCH3 is 2. The third kappa shape index (κ3) is 5.64. The first kappa shape index (κ1) is 16.7. The Morgan fingerprint density at radius 3 is 2.19 bits per heavy atom. The SMILES string of the molecule is COC(=O)CC(=Nc1ccc(OC(C)C)cc1)C(=O)OC. The molecule has 0 amide bonds. The molecule has 0 bridgehead atoms. The zero-order valence-electron chi connectivity index (χ0n) is 12.6. The summed E-state index contributed by atoms with van der Waals surface area (Å²) in [6.07, 6.45) is -0.169. The van der Waals surface area contributed by atoms with Crippen molar-refractivity contribution in [2.75, 3.05) is 14.2 Å². The molecule has 0 aromatic heterocycles. The fraction of sp³-hybridized carbons (Fsp3) is 0.400. The van der Waals surface area contributed by atoms with Gasteiger partial charge in [0.2, 0.25) is 0 Å². The first-order valence-electron chi connectivity index (χ1n) is 6.45. The van der Waals surface area contributed by atoms with Crippen LogP contribution in [-0.4, -0.2) is 38.0 Å². The molecule has 6 heteroatoms. The maximum atomic E-state index is 11.6. The number of nitrogens with zero attached hydrogens (tertiary/aromatic N) is 1. The zero-order valence-corrected chi connectivity index (χ0v) is 12.6. The topological polar surface area (TPSA) is 74.2 Å². The van der Waals surface area contributed by atoms with E-state index in [-0.39, 0.29) is 18.2 Å². The Kier molecular flexibility index (Phi) is 6.39. The third-order valence-electron chi connectivity index (χ3n) is 2.43. The van der Waals surface area contributed by atoms with Gasteiger partial charge in [0.1, 0.15) is 11.5 Å². The Hall–Kier alpha value is -2.37. The summed E-state index contributed by atoms with van der Waals surface area (Å²) in [5, 5.41) is 0. The molecule has 1 aromatic carbocycles. The minimum Gasteiger partial charge on any atom is -0.491 e. The molecule has 1 aromatic rings. The zero-order chi connectivity index (χ0) is 15.8. The predicted molar refractivity (Wildman–Crippen MR) is 78.0 cm³/mol. The molecule has 0 radical (unpaired) electrons. The highest BCUT2D eigenvalue weighted by Gasteiger charge is 2.17. The van der Waals surface area contributed by atoms with Crippen molar-refractivity contribution >= 4 is 23.3 Å². The molecule has 0 spiro atoms. The van der Waals surface area contributed by atoms with Gasteiger partial charge in [-0.25, -0.2) is 9.79 Å². The van der Waals surface area contributed by atoms with Crippen molar-refractivity contribution in [3.8, 4) is 5.75 Å². The lowest BCUT2D eigenvalue weighted by Gasteiger charge is -2.09. The van der Waals surface area contributed by atoms with E-state index >= 15 is 0 Å². The molecule has 1 rings (SSSR count). The van der Waals surface area contributed by atoms with Crippen LogP contribution in [0.2, 0.25) is 0 Å². The van der Waals surface area contributed by atoms with E-state index in [1.165, 1.54) is 14.2 Å². The fourth-order valence-corrected chi connectivity index (χ4v) is 1.51. The predicted octanol–water partition coefficient (Wildman–Crippen LogP) is 2.28. The fourth-order valence-electron chi connectivity index (χ4n) is 1.51. The number of hydrogen-bond donors (Lipinski definition) is 0. The highest BCUT2D eigenvalue weighted by atomic mass is 16.5. The van der Waals surface area contributed by atoms with Gasteiger partial charge in [-0.3, -0.25) is 4.79 Å². The average molecular weight is 293 g/mol. The van der Waals surface area contributed by atoms with Gasteiger partial charge < -0.3 is 14.2 Å². The van der Waals surface area contributed by atoms with Crippen LogP contribution in [0.25, 0.3) is 0 Å². The van der Waals surface area contributed by atoms with Crippen LogP contribution >= 0.6 is 0 Å². The van der Waals surface area contributed by atoms with Crippen LogP contribution in [0.5, 0.6) is 5.75 Å². The van der Waals surface area contributed by atoms with Gasteiger partial charge in [0, 0.05) is 0 Å². The molecule has 0 aliphatic rings. The summed E-state index contributed by atoms with van der Waals surface area (Å²) in [6.45, 7) is 3.86. The van der Waals surface area contributed by atoms with Crippen molar-refractivity contribution in [1.29, 1.82) is 0 Å². The molecule has 0 heterocycles. The minimum absolute atomic E-state index is 0.0122. The molecule has 0 aliphatic carbocycles. The second-order valence-corrected chi connectivity index (χ2v) is 4.46. The van der Waals surface area contributed by atoms with Gasteiger partial charge in [0.15, 0.2) is 0 Å². The number of ether oxygens (including phenoxy) is 3. The standard InChI is InChI=1S/C15H19NO5/c1-10(2)21-12-7-5-11(6-8-12)16-13(15(18)20-4)9-14(17)19-3/h5-8,10H,9H2,1-4H3. The number of carbonyl (C=O) groups excluding carboxylic acids is 2. The van der Waals surface area contributed by atoms with E-state index in [1.54, 1.807) is 24.3 Å². The maximum absolute atomic E-state index is 11.6. The summed E-state index contributed by atoms with van der Waals surface area (Å²) in [5.41, 5.74) is 0.511. The summed E-state index contributed by atoms with van der Waals surface area (Å²) in [4.78, 5) is 27.0. The number of esters is 2. The van der Waals surface area contributed by atoms with Crippen molar-refractivity contribution in [2.45, 2.75) is 26.4 Å². The second-order valence-electron chi connectivity index (χ2n) is 4.46. The normalized spacial score (nSPS) is 11.2. The van der Waals surface area contributed by atoms with Crippen LogP contribution in [-0.2, 0) is 19.1 Å². The van der Waals surface area contributed by atoms with Crippen LogP contribution in [0, 0.1) is 0 Å². The molecule has 0 fully saturated rings. The molecule has 0 atom stereocenters. The summed E-state index contributed by atoms with van der Waals surface area (Å²) >= 11 is 0. The van der Waals surface area contributed by atoms with Crippen LogP contribution in [0.1, 0.15) is 20.3 Å². The van der Waals surface area contributed by atoms with Gasteiger partial charge in [0.05, 0.1) is 32.4 Å². The first-order valence-corrected chi connectivity index (χ1v) is 6.45. The van der Waals surface area contributed by atoms with Gasteiger partial charge >= 0.3 is 11.9 Å². The summed E-state index contributed by atoms with van der Waals surface area (Å²) in [5.74, 6) is -0.515. The van der Waals surface area contributed by atoms with E-state index in [4.69, 9.17) is 4.74 Å². The van der Waals surface area contributed by atoms with Crippen LogP contribution < -0.4 is 4.74 Å². The summed E-state index contributed by atoms with van der Waals surface area (Å²) in [6, 6.07) is 6.87. The van der Waals surface area contributed by atoms with E-state index in [0.29, 0.717) is 11.4 Å².